The molecule has 9 N–H and O–H groups in total. The van der Waals surface area contributed by atoms with Crippen molar-refractivity contribution in [2.75, 3.05) is 0 Å². The van der Waals surface area contributed by atoms with Crippen LogP contribution in [-0.4, -0.2) is 69.9 Å². The number of carboxylic acids is 2. The SMILES string of the molecule is CC(NC(=O)C(CC(N)=O)NC(=O)C(NC(=O)C(N)CCC(=O)O)C(C)C)C(=O)O. The average Bonchev–Trinajstić information content (AvgIpc) is 2.62. The first kappa shape index (κ1) is 26.8. The van der Waals surface area contributed by atoms with Crippen LogP contribution in [0.5, 0.6) is 0 Å². The fourth-order valence-corrected chi connectivity index (χ4v) is 2.25. The van der Waals surface area contributed by atoms with E-state index in [2.05, 4.69) is 16.0 Å². The number of nitrogens with one attached hydrogen (secondary N) is 3. The molecular weight excluding hydrogens is 402 g/mol. The van der Waals surface area contributed by atoms with Crippen LogP contribution in [0, 0.1) is 5.92 Å². The summed E-state index contributed by atoms with van der Waals surface area (Å²) < 4.78 is 0. The standard InChI is InChI=1S/C17H29N5O8/c1-7(2)13(22-14(26)9(18)4-5-12(24)25)16(28)21-10(6-11(19)23)15(27)20-8(3)17(29)30/h7-10,13H,4-6,18H2,1-3H3,(H2,19,23)(H,20,27)(H,21,28)(H,22,26)(H,24,25)(H,29,30). The molecular formula is C17H29N5O8. The number of amides is 4. The van der Waals surface area contributed by atoms with Crippen LogP contribution in [0.3, 0.4) is 0 Å². The van der Waals surface area contributed by atoms with E-state index in [1.54, 1.807) is 13.8 Å². The molecule has 0 radical (unpaired) electrons. The summed E-state index contributed by atoms with van der Waals surface area (Å²) in [4.78, 5) is 69.8. The molecule has 0 saturated carbocycles. The summed E-state index contributed by atoms with van der Waals surface area (Å²) in [5.41, 5.74) is 10.7. The second kappa shape index (κ2) is 12.4. The number of carboxylic acid groups (broad SMARTS) is 2. The van der Waals surface area contributed by atoms with Crippen LogP contribution in [0.25, 0.3) is 0 Å². The lowest BCUT2D eigenvalue weighted by Crippen LogP contribution is -2.58. The van der Waals surface area contributed by atoms with Gasteiger partial charge in [0, 0.05) is 6.42 Å². The first-order chi connectivity index (χ1) is 13.8. The molecule has 4 amide bonds. The molecule has 0 aliphatic rings. The molecule has 0 fully saturated rings. The number of carbonyl (C=O) groups is 6. The van der Waals surface area contributed by atoms with Crippen LogP contribution in [0.15, 0.2) is 0 Å². The Labute approximate surface area is 172 Å². The molecule has 0 rings (SSSR count). The predicted molar refractivity (Wildman–Crippen MR) is 103 cm³/mol. The summed E-state index contributed by atoms with van der Waals surface area (Å²) >= 11 is 0. The lowest BCUT2D eigenvalue weighted by atomic mass is 10.0. The van der Waals surface area contributed by atoms with Crippen molar-refractivity contribution in [2.45, 2.75) is 64.2 Å². The van der Waals surface area contributed by atoms with Crippen molar-refractivity contribution in [3.63, 3.8) is 0 Å². The summed E-state index contributed by atoms with van der Waals surface area (Å²) in [6.07, 6.45) is -1.08. The normalized spacial score (nSPS) is 14.7. The molecule has 4 atom stereocenters. The van der Waals surface area contributed by atoms with Crippen molar-refractivity contribution in [2.24, 2.45) is 17.4 Å². The molecule has 0 aromatic heterocycles. The van der Waals surface area contributed by atoms with Crippen molar-refractivity contribution >= 4 is 35.6 Å². The minimum Gasteiger partial charge on any atom is -0.481 e. The van der Waals surface area contributed by atoms with Gasteiger partial charge in [0.05, 0.1) is 12.5 Å². The van der Waals surface area contributed by atoms with Gasteiger partial charge < -0.3 is 37.6 Å². The fourth-order valence-electron chi connectivity index (χ4n) is 2.25. The van der Waals surface area contributed by atoms with E-state index in [9.17, 15) is 28.8 Å². The molecule has 13 heteroatoms. The number of carbonyl (C=O) groups excluding carboxylic acids is 4. The maximum absolute atomic E-state index is 12.6. The maximum atomic E-state index is 12.6. The maximum Gasteiger partial charge on any atom is 0.325 e. The van der Waals surface area contributed by atoms with Crippen molar-refractivity contribution < 1.29 is 39.0 Å². The summed E-state index contributed by atoms with van der Waals surface area (Å²) in [5.74, 6) is -6.37. The van der Waals surface area contributed by atoms with Crippen molar-refractivity contribution in [3.05, 3.63) is 0 Å². The molecule has 170 valence electrons. The Morgan fingerprint density at radius 2 is 1.43 bits per heavy atom. The average molecular weight is 431 g/mol. The highest BCUT2D eigenvalue weighted by Gasteiger charge is 2.31. The van der Waals surface area contributed by atoms with Crippen LogP contribution < -0.4 is 27.4 Å². The highest BCUT2D eigenvalue weighted by atomic mass is 16.4. The van der Waals surface area contributed by atoms with E-state index in [1.807, 2.05) is 0 Å². The summed E-state index contributed by atoms with van der Waals surface area (Å²) in [5, 5.41) is 24.3. The molecule has 0 aromatic rings. The van der Waals surface area contributed by atoms with Crippen LogP contribution in [0.2, 0.25) is 0 Å². The minimum absolute atomic E-state index is 0.145. The summed E-state index contributed by atoms with van der Waals surface area (Å²) in [6.45, 7) is 4.39. The molecule has 0 bridgehead atoms. The first-order valence-corrected chi connectivity index (χ1v) is 9.15. The minimum atomic E-state index is -1.46. The van der Waals surface area contributed by atoms with Crippen molar-refractivity contribution in [1.82, 2.24) is 16.0 Å². The number of primary amides is 1. The zero-order valence-electron chi connectivity index (χ0n) is 17.0. The lowest BCUT2D eigenvalue weighted by Gasteiger charge is -2.26. The van der Waals surface area contributed by atoms with E-state index < -0.39 is 72.1 Å². The quantitative estimate of drug-likeness (QED) is 0.160. The van der Waals surface area contributed by atoms with E-state index in [0.29, 0.717) is 0 Å². The zero-order chi connectivity index (χ0) is 23.6. The monoisotopic (exact) mass is 431 g/mol. The topological polar surface area (TPSA) is 231 Å². The first-order valence-electron chi connectivity index (χ1n) is 9.15. The van der Waals surface area contributed by atoms with E-state index in [4.69, 9.17) is 21.7 Å². The molecule has 0 saturated heterocycles. The second-order valence-electron chi connectivity index (χ2n) is 7.07. The number of rotatable bonds is 13. The van der Waals surface area contributed by atoms with Gasteiger partial charge in [0.2, 0.25) is 23.6 Å². The molecule has 0 spiro atoms. The van der Waals surface area contributed by atoms with Crippen molar-refractivity contribution in [3.8, 4) is 0 Å². The van der Waals surface area contributed by atoms with E-state index in [-0.39, 0.29) is 12.8 Å². The zero-order valence-corrected chi connectivity index (χ0v) is 17.0. The molecule has 4 unspecified atom stereocenters. The van der Waals surface area contributed by atoms with Gasteiger partial charge in [-0.2, -0.15) is 0 Å². The predicted octanol–water partition coefficient (Wildman–Crippen LogP) is -2.73. The molecule has 0 aliphatic carbocycles. The molecule has 0 heterocycles. The van der Waals surface area contributed by atoms with Gasteiger partial charge in [0.15, 0.2) is 0 Å². The lowest BCUT2D eigenvalue weighted by molar-refractivity contribution is -0.142. The van der Waals surface area contributed by atoms with Crippen LogP contribution in [0.1, 0.15) is 40.0 Å². The van der Waals surface area contributed by atoms with Crippen molar-refractivity contribution in [1.29, 1.82) is 0 Å². The van der Waals surface area contributed by atoms with E-state index in [0.717, 1.165) is 0 Å². The van der Waals surface area contributed by atoms with Gasteiger partial charge in [-0.1, -0.05) is 13.8 Å². The molecule has 0 aromatic carbocycles. The third-order valence-corrected chi connectivity index (χ3v) is 4.02. The van der Waals surface area contributed by atoms with Crippen LogP contribution in [0.4, 0.5) is 0 Å². The number of hydrogen-bond donors (Lipinski definition) is 7. The van der Waals surface area contributed by atoms with Gasteiger partial charge in [-0.05, 0) is 19.3 Å². The van der Waals surface area contributed by atoms with Gasteiger partial charge in [-0.3, -0.25) is 28.8 Å². The van der Waals surface area contributed by atoms with E-state index in [1.165, 1.54) is 6.92 Å². The Hall–Kier alpha value is -3.22. The molecule has 13 nitrogen and oxygen atoms in total. The summed E-state index contributed by atoms with van der Waals surface area (Å²) in [6, 6.07) is -5.07. The Morgan fingerprint density at radius 3 is 1.87 bits per heavy atom. The Bertz CT molecular complexity index is 681. The van der Waals surface area contributed by atoms with Gasteiger partial charge in [-0.15, -0.1) is 0 Å². The second-order valence-corrected chi connectivity index (χ2v) is 7.07. The number of hydrogen-bond acceptors (Lipinski definition) is 7. The highest BCUT2D eigenvalue weighted by Crippen LogP contribution is 2.05. The fraction of sp³-hybridized carbons (Fsp3) is 0.647. The molecule has 0 aliphatic heterocycles. The third kappa shape index (κ3) is 9.82. The van der Waals surface area contributed by atoms with Gasteiger partial charge >= 0.3 is 11.9 Å². The number of aliphatic carboxylic acids is 2. The Kier molecular flexibility index (Phi) is 11.0. The summed E-state index contributed by atoms with van der Waals surface area (Å²) in [7, 11) is 0. The van der Waals surface area contributed by atoms with Gasteiger partial charge in [-0.25, -0.2) is 0 Å². The van der Waals surface area contributed by atoms with Gasteiger partial charge in [0.1, 0.15) is 18.1 Å². The third-order valence-electron chi connectivity index (χ3n) is 4.02. The number of nitrogens with two attached hydrogens (primary N) is 2. The highest BCUT2D eigenvalue weighted by molar-refractivity contribution is 5.96. The Morgan fingerprint density at radius 1 is 0.867 bits per heavy atom. The molecule has 30 heavy (non-hydrogen) atoms. The Balaban J connectivity index is 5.26. The van der Waals surface area contributed by atoms with Crippen LogP contribution >= 0.6 is 0 Å². The van der Waals surface area contributed by atoms with E-state index >= 15 is 0 Å². The largest absolute Gasteiger partial charge is 0.481 e. The van der Waals surface area contributed by atoms with Gasteiger partial charge in [0.25, 0.3) is 0 Å². The van der Waals surface area contributed by atoms with Crippen LogP contribution in [-0.2, 0) is 28.8 Å². The smallest absolute Gasteiger partial charge is 0.325 e.